The summed E-state index contributed by atoms with van der Waals surface area (Å²) in [5.41, 5.74) is 3.08. The molecule has 0 bridgehead atoms. The van der Waals surface area contributed by atoms with Crippen molar-refractivity contribution in [3.8, 4) is 0 Å². The molecule has 1 fully saturated rings. The molecule has 0 aromatic carbocycles. The quantitative estimate of drug-likeness (QED) is 0.622. The number of carbonyl (C=O) groups excluding carboxylic acids is 3. The lowest BCUT2D eigenvalue weighted by atomic mass is 9.90. The zero-order valence-electron chi connectivity index (χ0n) is 14.4. The summed E-state index contributed by atoms with van der Waals surface area (Å²) >= 11 is 0. The molecule has 128 valence electrons. The van der Waals surface area contributed by atoms with Gasteiger partial charge in [-0.2, -0.15) is 0 Å². The van der Waals surface area contributed by atoms with Gasteiger partial charge in [-0.15, -0.1) is 0 Å². The fraction of sp³-hybridized carbons (Fsp3) is 0.706. The van der Waals surface area contributed by atoms with Crippen molar-refractivity contribution in [2.75, 3.05) is 7.05 Å². The molecule has 1 saturated carbocycles. The number of nitrogens with one attached hydrogen (secondary N) is 1. The van der Waals surface area contributed by atoms with E-state index >= 15 is 0 Å². The van der Waals surface area contributed by atoms with Gasteiger partial charge in [0.25, 0.3) is 0 Å². The maximum Gasteiger partial charge on any atom is 0.428 e. The summed E-state index contributed by atoms with van der Waals surface area (Å²) in [5.74, 6) is 0.203. The average molecular weight is 322 g/mol. The summed E-state index contributed by atoms with van der Waals surface area (Å²) in [6, 6.07) is 0. The fourth-order valence-electron chi connectivity index (χ4n) is 2.54. The SMILES string of the molecule is CN(NC1=C(C(=O)CC2CC2)C(=O)CCC1)C(=O)OC(C)(C)C. The topological polar surface area (TPSA) is 75.7 Å². The Morgan fingerprint density at radius 1 is 1.26 bits per heavy atom. The molecule has 0 aliphatic heterocycles. The zero-order chi connectivity index (χ0) is 17.2. The Bertz CT molecular complexity index is 541. The van der Waals surface area contributed by atoms with E-state index in [4.69, 9.17) is 4.74 Å². The first-order chi connectivity index (χ1) is 10.7. The van der Waals surface area contributed by atoms with Crippen molar-refractivity contribution < 1.29 is 19.1 Å². The molecular formula is C17H26N2O4. The van der Waals surface area contributed by atoms with Gasteiger partial charge >= 0.3 is 6.09 Å². The van der Waals surface area contributed by atoms with Crippen LogP contribution in [0.4, 0.5) is 4.79 Å². The number of allylic oxidation sites excluding steroid dienone is 2. The Hall–Kier alpha value is -1.85. The number of hydrogen-bond donors (Lipinski definition) is 1. The third-order valence-corrected chi connectivity index (χ3v) is 3.83. The fourth-order valence-corrected chi connectivity index (χ4v) is 2.54. The van der Waals surface area contributed by atoms with Gasteiger partial charge in [-0.05, 0) is 52.4 Å². The van der Waals surface area contributed by atoms with Crippen LogP contribution in [0, 0.1) is 5.92 Å². The molecule has 0 heterocycles. The molecule has 0 unspecified atom stereocenters. The first-order valence-corrected chi connectivity index (χ1v) is 8.20. The highest BCUT2D eigenvalue weighted by Crippen LogP contribution is 2.34. The van der Waals surface area contributed by atoms with Gasteiger partial charge in [0.1, 0.15) is 5.60 Å². The number of carbonyl (C=O) groups is 3. The Morgan fingerprint density at radius 3 is 2.48 bits per heavy atom. The Balaban J connectivity index is 2.10. The van der Waals surface area contributed by atoms with Crippen LogP contribution in [0.15, 0.2) is 11.3 Å². The van der Waals surface area contributed by atoms with E-state index in [0.717, 1.165) is 12.8 Å². The predicted octanol–water partition coefficient (Wildman–Crippen LogP) is 2.73. The van der Waals surface area contributed by atoms with Gasteiger partial charge in [0.15, 0.2) is 11.6 Å². The van der Waals surface area contributed by atoms with E-state index in [0.29, 0.717) is 37.3 Å². The molecule has 0 radical (unpaired) electrons. The molecule has 6 nitrogen and oxygen atoms in total. The molecule has 0 saturated heterocycles. The van der Waals surface area contributed by atoms with Crippen LogP contribution in [0.2, 0.25) is 0 Å². The number of hydrazine groups is 1. The second-order valence-electron chi connectivity index (χ2n) is 7.35. The average Bonchev–Trinajstić information content (AvgIpc) is 3.20. The Kier molecular flexibility index (Phi) is 5.12. The number of ether oxygens (including phenoxy) is 1. The van der Waals surface area contributed by atoms with Gasteiger partial charge in [0, 0.05) is 25.6 Å². The van der Waals surface area contributed by atoms with Gasteiger partial charge in [0.2, 0.25) is 0 Å². The molecule has 0 atom stereocenters. The van der Waals surface area contributed by atoms with Gasteiger partial charge < -0.3 is 4.74 Å². The molecule has 6 heteroatoms. The molecule has 2 aliphatic rings. The smallest absolute Gasteiger partial charge is 0.428 e. The lowest BCUT2D eigenvalue weighted by Gasteiger charge is -2.28. The van der Waals surface area contributed by atoms with Crippen LogP contribution >= 0.6 is 0 Å². The summed E-state index contributed by atoms with van der Waals surface area (Å²) in [5, 5.41) is 1.20. The molecule has 2 aliphatic carbocycles. The van der Waals surface area contributed by atoms with Crippen molar-refractivity contribution in [2.45, 2.75) is 64.9 Å². The number of nitrogens with zero attached hydrogens (tertiary/aromatic N) is 1. The van der Waals surface area contributed by atoms with E-state index in [1.54, 1.807) is 20.8 Å². The number of hydrogen-bond acceptors (Lipinski definition) is 5. The van der Waals surface area contributed by atoms with Crippen molar-refractivity contribution in [1.29, 1.82) is 0 Å². The van der Waals surface area contributed by atoms with E-state index in [1.807, 2.05) is 0 Å². The van der Waals surface area contributed by atoms with Crippen molar-refractivity contribution in [3.63, 3.8) is 0 Å². The second-order valence-corrected chi connectivity index (χ2v) is 7.35. The highest BCUT2D eigenvalue weighted by Gasteiger charge is 2.32. The minimum atomic E-state index is -0.603. The van der Waals surface area contributed by atoms with Crippen LogP contribution in [0.1, 0.15) is 59.3 Å². The number of amides is 1. The molecule has 0 aromatic rings. The predicted molar refractivity (Wildman–Crippen MR) is 85.4 cm³/mol. The normalized spacial score (nSPS) is 18.7. The molecule has 0 aromatic heterocycles. The van der Waals surface area contributed by atoms with Crippen molar-refractivity contribution in [1.82, 2.24) is 10.4 Å². The van der Waals surface area contributed by atoms with E-state index < -0.39 is 11.7 Å². The summed E-state index contributed by atoms with van der Waals surface area (Å²) in [4.78, 5) is 36.6. The molecule has 23 heavy (non-hydrogen) atoms. The monoisotopic (exact) mass is 322 g/mol. The van der Waals surface area contributed by atoms with E-state index in [1.165, 1.54) is 12.1 Å². The minimum Gasteiger partial charge on any atom is -0.442 e. The summed E-state index contributed by atoms with van der Waals surface area (Å²) in [7, 11) is 1.53. The van der Waals surface area contributed by atoms with E-state index in [9.17, 15) is 14.4 Å². The largest absolute Gasteiger partial charge is 0.442 e. The van der Waals surface area contributed by atoms with Gasteiger partial charge in [-0.25, -0.2) is 9.80 Å². The van der Waals surface area contributed by atoms with Crippen LogP contribution < -0.4 is 5.43 Å². The lowest BCUT2D eigenvalue weighted by Crippen LogP contribution is -2.44. The van der Waals surface area contributed by atoms with Crippen molar-refractivity contribution in [2.24, 2.45) is 5.92 Å². The molecule has 1 amide bonds. The van der Waals surface area contributed by atoms with E-state index in [2.05, 4.69) is 5.43 Å². The maximum absolute atomic E-state index is 12.4. The number of ketones is 2. The molecule has 2 rings (SSSR count). The number of rotatable bonds is 5. The Labute approximate surface area is 137 Å². The zero-order valence-corrected chi connectivity index (χ0v) is 14.4. The third kappa shape index (κ3) is 5.08. The van der Waals surface area contributed by atoms with Gasteiger partial charge in [-0.1, -0.05) is 0 Å². The summed E-state index contributed by atoms with van der Waals surface area (Å²) < 4.78 is 5.27. The highest BCUT2D eigenvalue weighted by atomic mass is 16.6. The van der Waals surface area contributed by atoms with E-state index in [-0.39, 0.29) is 17.1 Å². The summed E-state index contributed by atoms with van der Waals surface area (Å²) in [6.45, 7) is 5.35. The Morgan fingerprint density at radius 2 is 1.91 bits per heavy atom. The maximum atomic E-state index is 12.4. The lowest BCUT2D eigenvalue weighted by molar-refractivity contribution is -0.122. The summed E-state index contributed by atoms with van der Waals surface area (Å²) in [6.07, 6.45) is 3.68. The number of Topliss-reactive ketones (excluding diaryl/α,β-unsaturated/α-hetero) is 2. The minimum absolute atomic E-state index is 0.0997. The van der Waals surface area contributed by atoms with Crippen LogP contribution in [-0.4, -0.2) is 35.3 Å². The van der Waals surface area contributed by atoms with Crippen molar-refractivity contribution >= 4 is 17.7 Å². The van der Waals surface area contributed by atoms with Crippen LogP contribution in [-0.2, 0) is 14.3 Å². The standard InChI is InChI=1S/C17H26N2O4/c1-17(2,3)23-16(22)19(4)18-12-6-5-7-13(20)15(12)14(21)10-11-8-9-11/h11,18H,5-10H2,1-4H3. The molecule has 1 N–H and O–H groups in total. The van der Waals surface area contributed by atoms with Crippen LogP contribution in [0.25, 0.3) is 0 Å². The first-order valence-electron chi connectivity index (χ1n) is 8.20. The van der Waals surface area contributed by atoms with Crippen LogP contribution in [0.5, 0.6) is 0 Å². The molecule has 0 spiro atoms. The van der Waals surface area contributed by atoms with Crippen molar-refractivity contribution in [3.05, 3.63) is 11.3 Å². The first kappa shape index (κ1) is 17.5. The third-order valence-electron chi connectivity index (χ3n) is 3.83. The molecular weight excluding hydrogens is 296 g/mol. The van der Waals surface area contributed by atoms with Gasteiger partial charge in [-0.3, -0.25) is 15.0 Å². The van der Waals surface area contributed by atoms with Crippen LogP contribution in [0.3, 0.4) is 0 Å². The second kappa shape index (κ2) is 6.72. The van der Waals surface area contributed by atoms with Gasteiger partial charge in [0.05, 0.1) is 5.57 Å². The highest BCUT2D eigenvalue weighted by molar-refractivity contribution is 6.21.